The SMILES string of the molecule is C[NH+](C1CCCCC1)C1CCCCC1.F[B-](F)(F)F. The van der Waals surface area contributed by atoms with E-state index in [0.717, 1.165) is 12.1 Å². The van der Waals surface area contributed by atoms with Crippen molar-refractivity contribution in [2.75, 3.05) is 7.05 Å². The van der Waals surface area contributed by atoms with Gasteiger partial charge in [-0.05, 0) is 51.4 Å². The van der Waals surface area contributed by atoms with Crippen LogP contribution in [-0.2, 0) is 0 Å². The number of hydrogen-bond donors (Lipinski definition) is 1. The molecule has 0 unspecified atom stereocenters. The molecule has 114 valence electrons. The minimum Gasteiger partial charge on any atom is -0.418 e. The molecule has 6 heteroatoms. The van der Waals surface area contributed by atoms with Gasteiger partial charge in [0.05, 0.1) is 19.1 Å². The summed E-state index contributed by atoms with van der Waals surface area (Å²) >= 11 is 0. The van der Waals surface area contributed by atoms with Gasteiger partial charge >= 0.3 is 7.25 Å². The van der Waals surface area contributed by atoms with E-state index in [1.165, 1.54) is 64.2 Å². The molecule has 0 radical (unpaired) electrons. The van der Waals surface area contributed by atoms with E-state index in [-0.39, 0.29) is 0 Å². The Morgan fingerprint density at radius 1 is 0.684 bits per heavy atom. The molecule has 1 N–H and O–H groups in total. The van der Waals surface area contributed by atoms with Gasteiger partial charge in [0, 0.05) is 0 Å². The first-order valence-corrected chi connectivity index (χ1v) is 7.58. The third-order valence-electron chi connectivity index (χ3n) is 4.50. The third-order valence-corrected chi connectivity index (χ3v) is 4.50. The van der Waals surface area contributed by atoms with Crippen molar-refractivity contribution in [1.82, 2.24) is 0 Å². The van der Waals surface area contributed by atoms with Crippen LogP contribution < -0.4 is 4.90 Å². The minimum absolute atomic E-state index is 1.01. The first-order valence-electron chi connectivity index (χ1n) is 7.58. The maximum Gasteiger partial charge on any atom is 0.673 e. The molecule has 2 fully saturated rings. The molecule has 0 heterocycles. The second-order valence-electron chi connectivity index (χ2n) is 5.91. The molecule has 0 spiro atoms. The van der Waals surface area contributed by atoms with Crippen molar-refractivity contribution in [3.05, 3.63) is 0 Å². The molecule has 2 saturated carbocycles. The third kappa shape index (κ3) is 7.80. The molecule has 19 heavy (non-hydrogen) atoms. The highest BCUT2D eigenvalue weighted by Gasteiger charge is 2.28. The fourth-order valence-electron chi connectivity index (χ4n) is 3.45. The van der Waals surface area contributed by atoms with Crippen molar-refractivity contribution in [2.45, 2.75) is 76.3 Å². The average Bonchev–Trinajstić information content (AvgIpc) is 2.38. The lowest BCUT2D eigenvalue weighted by Gasteiger charge is -2.36. The zero-order valence-corrected chi connectivity index (χ0v) is 11.8. The van der Waals surface area contributed by atoms with Crippen molar-refractivity contribution in [3.8, 4) is 0 Å². The Balaban J connectivity index is 0.000000312. The van der Waals surface area contributed by atoms with Crippen molar-refractivity contribution in [2.24, 2.45) is 0 Å². The first kappa shape index (κ1) is 16.8. The zero-order valence-electron chi connectivity index (χ0n) is 11.8. The van der Waals surface area contributed by atoms with Crippen molar-refractivity contribution >= 4 is 7.25 Å². The lowest BCUT2D eigenvalue weighted by molar-refractivity contribution is -0.933. The van der Waals surface area contributed by atoms with Gasteiger partial charge in [0.15, 0.2) is 0 Å². The van der Waals surface area contributed by atoms with E-state index in [2.05, 4.69) is 7.05 Å². The Kier molecular flexibility index (Phi) is 7.18. The van der Waals surface area contributed by atoms with Crippen LogP contribution in [0.3, 0.4) is 0 Å². The molecule has 2 aliphatic rings. The van der Waals surface area contributed by atoms with Gasteiger partial charge in [0.2, 0.25) is 0 Å². The molecule has 1 nitrogen and oxygen atoms in total. The molecule has 0 aromatic rings. The fraction of sp³-hybridized carbons (Fsp3) is 1.00. The topological polar surface area (TPSA) is 4.44 Å². The predicted octanol–water partition coefficient (Wildman–Crippen LogP) is 3.47. The van der Waals surface area contributed by atoms with E-state index in [0.29, 0.717) is 0 Å². The lowest BCUT2D eigenvalue weighted by atomic mass is 9.89. The Labute approximate surface area is 113 Å². The molecule has 0 saturated heterocycles. The van der Waals surface area contributed by atoms with Crippen LogP contribution in [0, 0.1) is 0 Å². The first-order chi connectivity index (χ1) is 8.88. The van der Waals surface area contributed by atoms with Crippen LogP contribution >= 0.6 is 0 Å². The molecule has 0 aromatic carbocycles. The molecule has 0 amide bonds. The van der Waals surface area contributed by atoms with E-state index in [1.807, 2.05) is 4.90 Å². The second kappa shape index (κ2) is 8.13. The Hall–Kier alpha value is -0.255. The smallest absolute Gasteiger partial charge is 0.418 e. The summed E-state index contributed by atoms with van der Waals surface area (Å²) in [4.78, 5) is 1.88. The lowest BCUT2D eigenvalue weighted by Crippen LogP contribution is -3.16. The molecular weight excluding hydrogens is 257 g/mol. The summed E-state index contributed by atoms with van der Waals surface area (Å²) in [6.45, 7) is 0. The molecule has 0 atom stereocenters. The molecule has 2 aliphatic carbocycles. The summed E-state index contributed by atoms with van der Waals surface area (Å²) < 4.78 is 39.0. The molecule has 0 bridgehead atoms. The van der Waals surface area contributed by atoms with Crippen LogP contribution in [0.15, 0.2) is 0 Å². The van der Waals surface area contributed by atoms with Gasteiger partial charge in [0.25, 0.3) is 0 Å². The van der Waals surface area contributed by atoms with Gasteiger partial charge in [0.1, 0.15) is 0 Å². The number of nitrogens with one attached hydrogen (secondary N) is 1. The predicted molar refractivity (Wildman–Crippen MR) is 70.8 cm³/mol. The highest BCUT2D eigenvalue weighted by Crippen LogP contribution is 2.19. The number of halogens is 4. The fourth-order valence-corrected chi connectivity index (χ4v) is 3.45. The van der Waals surface area contributed by atoms with E-state index < -0.39 is 7.25 Å². The summed E-state index contributed by atoms with van der Waals surface area (Å²) in [7, 11) is -3.54. The second-order valence-corrected chi connectivity index (χ2v) is 5.91. The van der Waals surface area contributed by atoms with Crippen molar-refractivity contribution < 1.29 is 22.2 Å². The summed E-state index contributed by atoms with van der Waals surface area (Å²) in [5.74, 6) is 0. The number of hydrogen-bond acceptors (Lipinski definition) is 0. The van der Waals surface area contributed by atoms with Gasteiger partial charge < -0.3 is 22.2 Å². The largest absolute Gasteiger partial charge is 0.673 e. The molecule has 2 rings (SSSR count). The summed E-state index contributed by atoms with van der Waals surface area (Å²) in [5, 5.41) is 0. The number of quaternary nitrogens is 1. The summed E-state index contributed by atoms with van der Waals surface area (Å²) in [6, 6.07) is 2.01. The summed E-state index contributed by atoms with van der Waals surface area (Å²) in [6.07, 6.45) is 15.0. The minimum atomic E-state index is -6.00. The van der Waals surface area contributed by atoms with Gasteiger partial charge in [-0.2, -0.15) is 0 Å². The monoisotopic (exact) mass is 283 g/mol. The Morgan fingerprint density at radius 2 is 0.947 bits per heavy atom. The van der Waals surface area contributed by atoms with Gasteiger partial charge in [-0.3, -0.25) is 0 Å². The standard InChI is InChI=1S/C13H25N.BF4/c1-14(12-8-4-2-5-9-12)13-10-6-3-7-11-13;2-1(3,4)5/h12-13H,2-11H2,1H3;/q;-1/p+1. The Bertz CT molecular complexity index is 211. The maximum atomic E-state index is 9.75. The average molecular weight is 283 g/mol. The van der Waals surface area contributed by atoms with Crippen LogP contribution in [0.4, 0.5) is 17.3 Å². The summed E-state index contributed by atoms with van der Waals surface area (Å²) in [5.41, 5.74) is 0. The molecular formula is C13H26BF4N. The van der Waals surface area contributed by atoms with Crippen LogP contribution in [0.1, 0.15) is 64.2 Å². The van der Waals surface area contributed by atoms with E-state index in [9.17, 15) is 17.3 Å². The molecule has 0 aliphatic heterocycles. The van der Waals surface area contributed by atoms with Crippen LogP contribution in [0.25, 0.3) is 0 Å². The zero-order chi connectivity index (χ0) is 14.3. The van der Waals surface area contributed by atoms with Crippen LogP contribution in [-0.4, -0.2) is 26.4 Å². The van der Waals surface area contributed by atoms with Crippen LogP contribution in [0.2, 0.25) is 0 Å². The highest BCUT2D eigenvalue weighted by atomic mass is 19.5. The van der Waals surface area contributed by atoms with E-state index in [4.69, 9.17) is 0 Å². The number of rotatable bonds is 2. The van der Waals surface area contributed by atoms with Gasteiger partial charge in [-0.1, -0.05) is 12.8 Å². The maximum absolute atomic E-state index is 9.75. The Morgan fingerprint density at radius 3 is 1.21 bits per heavy atom. The van der Waals surface area contributed by atoms with Gasteiger partial charge in [-0.25, -0.2) is 0 Å². The normalized spacial score (nSPS) is 23.1. The van der Waals surface area contributed by atoms with Crippen molar-refractivity contribution in [1.29, 1.82) is 0 Å². The van der Waals surface area contributed by atoms with Crippen LogP contribution in [0.5, 0.6) is 0 Å². The van der Waals surface area contributed by atoms with E-state index >= 15 is 0 Å². The molecule has 0 aromatic heterocycles. The quantitative estimate of drug-likeness (QED) is 0.584. The van der Waals surface area contributed by atoms with Gasteiger partial charge in [-0.15, -0.1) is 0 Å². The van der Waals surface area contributed by atoms with E-state index in [1.54, 1.807) is 0 Å². The van der Waals surface area contributed by atoms with Crippen molar-refractivity contribution in [3.63, 3.8) is 0 Å². The highest BCUT2D eigenvalue weighted by molar-refractivity contribution is 6.50.